The third-order valence-electron chi connectivity index (χ3n) is 3.61. The van der Waals surface area contributed by atoms with E-state index >= 15 is 0 Å². The zero-order chi connectivity index (χ0) is 14.5. The highest BCUT2D eigenvalue weighted by molar-refractivity contribution is 7.10. The Morgan fingerprint density at radius 3 is 2.18 bits per heavy atom. The van der Waals surface area contributed by atoms with Crippen LogP contribution in [-0.4, -0.2) is 23.9 Å². The van der Waals surface area contributed by atoms with E-state index in [0.29, 0.717) is 19.6 Å². The number of hydrogen-bond donors (Lipinski definition) is 1. The second-order valence-electron chi connectivity index (χ2n) is 5.48. The van der Waals surface area contributed by atoms with Crippen molar-refractivity contribution in [3.05, 3.63) is 44.8 Å². The highest BCUT2D eigenvalue weighted by atomic mass is 35.5. The molecule has 0 bridgehead atoms. The van der Waals surface area contributed by atoms with Gasteiger partial charge in [-0.2, -0.15) is 0 Å². The van der Waals surface area contributed by atoms with Gasteiger partial charge < -0.3 is 10.2 Å². The number of halogens is 1. The molecular weight excluding hydrogens is 336 g/mol. The molecule has 22 heavy (non-hydrogen) atoms. The fourth-order valence-electron chi connectivity index (χ4n) is 2.23. The van der Waals surface area contributed by atoms with Crippen molar-refractivity contribution < 1.29 is 4.79 Å². The van der Waals surface area contributed by atoms with E-state index in [1.807, 2.05) is 17.0 Å². The summed E-state index contributed by atoms with van der Waals surface area (Å²) in [5.74, 6) is 0.998. The average molecular weight is 357 g/mol. The van der Waals surface area contributed by atoms with Crippen molar-refractivity contribution >= 4 is 41.0 Å². The van der Waals surface area contributed by atoms with Gasteiger partial charge in [0.25, 0.3) is 0 Å². The summed E-state index contributed by atoms with van der Waals surface area (Å²) in [6, 6.07) is 8.27. The summed E-state index contributed by atoms with van der Waals surface area (Å²) in [5.41, 5.74) is 0. The first-order valence-corrected chi connectivity index (χ1v) is 9.10. The van der Waals surface area contributed by atoms with Gasteiger partial charge in [-0.25, -0.2) is 0 Å². The van der Waals surface area contributed by atoms with Gasteiger partial charge in [0, 0.05) is 9.75 Å². The minimum atomic E-state index is 0. The van der Waals surface area contributed by atoms with Crippen LogP contribution in [0.2, 0.25) is 0 Å². The zero-order valence-electron chi connectivity index (χ0n) is 12.4. The maximum absolute atomic E-state index is 12.5. The van der Waals surface area contributed by atoms with Crippen molar-refractivity contribution in [3.63, 3.8) is 0 Å². The number of nitrogens with one attached hydrogen (secondary N) is 1. The lowest BCUT2D eigenvalue weighted by atomic mass is 10.3. The third-order valence-corrected chi connectivity index (χ3v) is 5.33. The molecule has 120 valence electrons. The standard InChI is InChI=1S/C16H20N2OS2.ClH/c19-16(10-17-9-13-5-6-13)18(11-14-3-1-7-20-14)12-15-4-2-8-21-15;/h1-4,7-8,13,17H,5-6,9-12H2;1H. The minimum absolute atomic E-state index is 0. The largest absolute Gasteiger partial charge is 0.331 e. The summed E-state index contributed by atoms with van der Waals surface area (Å²) in [4.78, 5) is 16.9. The SMILES string of the molecule is Cl.O=C(CNCC1CC1)N(Cc1cccs1)Cc1cccs1. The van der Waals surface area contributed by atoms with Gasteiger partial charge in [0.1, 0.15) is 0 Å². The summed E-state index contributed by atoms with van der Waals surface area (Å²) in [6.07, 6.45) is 2.63. The Morgan fingerprint density at radius 2 is 1.73 bits per heavy atom. The van der Waals surface area contributed by atoms with Crippen molar-refractivity contribution in [2.75, 3.05) is 13.1 Å². The molecular formula is C16H21ClN2OS2. The summed E-state index contributed by atoms with van der Waals surface area (Å²) in [6.45, 7) is 2.85. The fourth-order valence-corrected chi connectivity index (χ4v) is 3.67. The molecule has 0 aromatic carbocycles. The van der Waals surface area contributed by atoms with Crippen LogP contribution in [0.3, 0.4) is 0 Å². The molecule has 1 aliphatic carbocycles. The van der Waals surface area contributed by atoms with Crippen LogP contribution in [-0.2, 0) is 17.9 Å². The molecule has 0 unspecified atom stereocenters. The predicted octanol–water partition coefficient (Wildman–Crippen LogP) is 3.76. The fraction of sp³-hybridized carbons (Fsp3) is 0.438. The molecule has 1 amide bonds. The molecule has 0 spiro atoms. The van der Waals surface area contributed by atoms with Gasteiger partial charge in [0.2, 0.25) is 5.91 Å². The van der Waals surface area contributed by atoms with E-state index in [9.17, 15) is 4.79 Å². The zero-order valence-corrected chi connectivity index (χ0v) is 14.8. The lowest BCUT2D eigenvalue weighted by Gasteiger charge is -2.22. The van der Waals surface area contributed by atoms with E-state index in [1.165, 1.54) is 22.6 Å². The van der Waals surface area contributed by atoms with E-state index in [0.717, 1.165) is 12.5 Å². The molecule has 1 N–H and O–H groups in total. The maximum atomic E-state index is 12.5. The van der Waals surface area contributed by atoms with Gasteiger partial charge in [0.05, 0.1) is 19.6 Å². The van der Waals surface area contributed by atoms with E-state index < -0.39 is 0 Å². The highest BCUT2D eigenvalue weighted by Gasteiger charge is 2.21. The van der Waals surface area contributed by atoms with E-state index in [-0.39, 0.29) is 18.3 Å². The topological polar surface area (TPSA) is 32.3 Å². The summed E-state index contributed by atoms with van der Waals surface area (Å²) >= 11 is 3.42. The molecule has 2 aromatic heterocycles. The first-order chi connectivity index (χ1) is 10.3. The number of thiophene rings is 2. The summed E-state index contributed by atoms with van der Waals surface area (Å²) < 4.78 is 0. The van der Waals surface area contributed by atoms with Gasteiger partial charge in [-0.1, -0.05) is 12.1 Å². The molecule has 2 aromatic rings. The molecule has 1 fully saturated rings. The van der Waals surface area contributed by atoms with Crippen LogP contribution in [0.15, 0.2) is 35.0 Å². The van der Waals surface area contributed by atoms with Crippen LogP contribution in [0, 0.1) is 5.92 Å². The van der Waals surface area contributed by atoms with Crippen molar-refractivity contribution in [2.24, 2.45) is 5.92 Å². The second kappa shape index (κ2) is 8.67. The lowest BCUT2D eigenvalue weighted by molar-refractivity contribution is -0.131. The molecule has 3 nitrogen and oxygen atoms in total. The maximum Gasteiger partial charge on any atom is 0.237 e. The van der Waals surface area contributed by atoms with Crippen molar-refractivity contribution in [1.29, 1.82) is 0 Å². The Kier molecular flexibility index (Phi) is 6.89. The van der Waals surface area contributed by atoms with Gasteiger partial charge >= 0.3 is 0 Å². The van der Waals surface area contributed by atoms with Crippen molar-refractivity contribution in [2.45, 2.75) is 25.9 Å². The smallest absolute Gasteiger partial charge is 0.237 e. The second-order valence-corrected chi connectivity index (χ2v) is 7.55. The monoisotopic (exact) mass is 356 g/mol. The quantitative estimate of drug-likeness (QED) is 0.781. The van der Waals surface area contributed by atoms with Crippen LogP contribution in [0.25, 0.3) is 0 Å². The third kappa shape index (κ3) is 5.39. The number of hydrogen-bond acceptors (Lipinski definition) is 4. The molecule has 1 aliphatic rings. The van der Waals surface area contributed by atoms with Crippen LogP contribution >= 0.6 is 35.1 Å². The lowest BCUT2D eigenvalue weighted by Crippen LogP contribution is -2.37. The first-order valence-electron chi connectivity index (χ1n) is 7.34. The molecule has 0 radical (unpaired) electrons. The Morgan fingerprint density at radius 1 is 1.14 bits per heavy atom. The number of carbonyl (C=O) groups excluding carboxylic acids is 1. The Balaban J connectivity index is 0.00000176. The average Bonchev–Trinajstić information content (AvgIpc) is 2.94. The van der Waals surface area contributed by atoms with E-state index in [1.54, 1.807) is 22.7 Å². The number of nitrogens with zero attached hydrogens (tertiary/aromatic N) is 1. The molecule has 2 heterocycles. The number of rotatable bonds is 8. The van der Waals surface area contributed by atoms with Crippen LogP contribution < -0.4 is 5.32 Å². The van der Waals surface area contributed by atoms with Gasteiger partial charge in [-0.05, 0) is 48.2 Å². The van der Waals surface area contributed by atoms with Gasteiger partial charge in [-0.3, -0.25) is 4.79 Å². The van der Waals surface area contributed by atoms with Gasteiger partial charge in [-0.15, -0.1) is 35.1 Å². The van der Waals surface area contributed by atoms with Gasteiger partial charge in [0.15, 0.2) is 0 Å². The minimum Gasteiger partial charge on any atom is -0.331 e. The van der Waals surface area contributed by atoms with Crippen molar-refractivity contribution in [3.8, 4) is 0 Å². The van der Waals surface area contributed by atoms with Crippen molar-refractivity contribution in [1.82, 2.24) is 10.2 Å². The van der Waals surface area contributed by atoms with Crippen LogP contribution in [0.5, 0.6) is 0 Å². The first kappa shape index (κ1) is 17.5. The molecule has 0 atom stereocenters. The van der Waals surface area contributed by atoms with E-state index in [4.69, 9.17) is 0 Å². The highest BCUT2D eigenvalue weighted by Crippen LogP contribution is 2.27. The summed E-state index contributed by atoms with van der Waals surface area (Å²) in [5, 5.41) is 7.43. The Bertz CT molecular complexity index is 516. The molecule has 0 saturated heterocycles. The molecule has 3 rings (SSSR count). The molecule has 0 aliphatic heterocycles. The van der Waals surface area contributed by atoms with Crippen LogP contribution in [0.4, 0.5) is 0 Å². The summed E-state index contributed by atoms with van der Waals surface area (Å²) in [7, 11) is 0. The number of carbonyl (C=O) groups is 1. The molecule has 6 heteroatoms. The Labute approximate surface area is 145 Å². The number of amides is 1. The molecule has 1 saturated carbocycles. The predicted molar refractivity (Wildman–Crippen MR) is 95.7 cm³/mol. The normalized spacial score (nSPS) is 13.6. The van der Waals surface area contributed by atoms with Crippen LogP contribution in [0.1, 0.15) is 22.6 Å². The van der Waals surface area contributed by atoms with E-state index in [2.05, 4.69) is 28.2 Å². The Hall–Kier alpha value is -0.880.